The summed E-state index contributed by atoms with van der Waals surface area (Å²) < 4.78 is 10.3. The van der Waals surface area contributed by atoms with Crippen molar-refractivity contribution < 1.29 is 9.47 Å². The van der Waals surface area contributed by atoms with Crippen LogP contribution in [0.25, 0.3) is 10.8 Å². The van der Waals surface area contributed by atoms with Crippen LogP contribution in [0.5, 0.6) is 5.75 Å². The van der Waals surface area contributed by atoms with Crippen LogP contribution in [0.3, 0.4) is 0 Å². The summed E-state index contributed by atoms with van der Waals surface area (Å²) in [6, 6.07) is 7.95. The third-order valence-corrected chi connectivity index (χ3v) is 3.40. The lowest BCUT2D eigenvalue weighted by Crippen LogP contribution is -2.29. The molecule has 0 N–H and O–H groups in total. The van der Waals surface area contributed by atoms with E-state index in [4.69, 9.17) is 21.1 Å². The van der Waals surface area contributed by atoms with Crippen molar-refractivity contribution in [2.75, 3.05) is 39.3 Å². The summed E-state index contributed by atoms with van der Waals surface area (Å²) >= 11 is 6.22. The number of methoxy groups -OCH3 is 2. The van der Waals surface area contributed by atoms with Gasteiger partial charge >= 0.3 is 0 Å². The van der Waals surface area contributed by atoms with Gasteiger partial charge in [0, 0.05) is 32.3 Å². The lowest BCUT2D eigenvalue weighted by Gasteiger charge is -2.22. The van der Waals surface area contributed by atoms with Gasteiger partial charge in [0.25, 0.3) is 0 Å². The Hall–Kier alpha value is -1.52. The standard InChI is InChI=1S/C15H19ClN2O2/c1-18(9-12(16)10-19-2)15-14-8-13(20-3)5-4-11(14)6-7-17-15/h4-8,12H,9-10H2,1-3H3. The third-order valence-electron chi connectivity index (χ3n) is 3.13. The molecule has 1 aromatic heterocycles. The van der Waals surface area contributed by atoms with Gasteiger partial charge < -0.3 is 14.4 Å². The van der Waals surface area contributed by atoms with E-state index in [-0.39, 0.29) is 5.38 Å². The van der Waals surface area contributed by atoms with Crippen molar-refractivity contribution in [3.05, 3.63) is 30.5 Å². The summed E-state index contributed by atoms with van der Waals surface area (Å²) in [7, 11) is 5.29. The van der Waals surface area contributed by atoms with E-state index in [1.54, 1.807) is 20.4 Å². The first-order valence-electron chi connectivity index (χ1n) is 6.42. The van der Waals surface area contributed by atoms with Crippen molar-refractivity contribution in [2.24, 2.45) is 0 Å². The van der Waals surface area contributed by atoms with E-state index in [2.05, 4.69) is 4.98 Å². The van der Waals surface area contributed by atoms with E-state index in [0.717, 1.165) is 22.3 Å². The lowest BCUT2D eigenvalue weighted by atomic mass is 10.1. The molecule has 0 aliphatic carbocycles. The Morgan fingerprint density at radius 1 is 1.30 bits per heavy atom. The number of anilines is 1. The minimum absolute atomic E-state index is 0.0762. The fraction of sp³-hybridized carbons (Fsp3) is 0.400. The van der Waals surface area contributed by atoms with Gasteiger partial charge in [-0.3, -0.25) is 0 Å². The minimum Gasteiger partial charge on any atom is -0.497 e. The highest BCUT2D eigenvalue weighted by atomic mass is 35.5. The molecule has 0 bridgehead atoms. The highest BCUT2D eigenvalue weighted by Gasteiger charge is 2.13. The zero-order valence-electron chi connectivity index (χ0n) is 12.0. The second-order valence-corrected chi connectivity index (χ2v) is 5.27. The summed E-state index contributed by atoms with van der Waals surface area (Å²) in [5.41, 5.74) is 0. The number of benzene rings is 1. The number of fused-ring (bicyclic) bond motifs is 1. The first kappa shape index (κ1) is 14.9. The molecule has 0 saturated heterocycles. The quantitative estimate of drug-likeness (QED) is 0.767. The largest absolute Gasteiger partial charge is 0.497 e. The van der Waals surface area contributed by atoms with Crippen molar-refractivity contribution in [2.45, 2.75) is 5.38 Å². The summed E-state index contributed by atoms with van der Waals surface area (Å²) in [4.78, 5) is 6.51. The average Bonchev–Trinajstić information content (AvgIpc) is 2.46. The molecular weight excluding hydrogens is 276 g/mol. The maximum Gasteiger partial charge on any atom is 0.136 e. The summed E-state index contributed by atoms with van der Waals surface area (Å²) in [5.74, 6) is 1.71. The van der Waals surface area contributed by atoms with Gasteiger partial charge in [-0.1, -0.05) is 6.07 Å². The molecule has 1 atom stereocenters. The van der Waals surface area contributed by atoms with E-state index < -0.39 is 0 Å². The van der Waals surface area contributed by atoms with E-state index in [9.17, 15) is 0 Å². The Balaban J connectivity index is 2.32. The molecule has 0 aliphatic rings. The van der Waals surface area contributed by atoms with Crippen LogP contribution in [-0.4, -0.2) is 44.8 Å². The highest BCUT2D eigenvalue weighted by molar-refractivity contribution is 6.21. The topological polar surface area (TPSA) is 34.6 Å². The van der Waals surface area contributed by atoms with E-state index in [0.29, 0.717) is 13.2 Å². The molecule has 1 aromatic carbocycles. The summed E-state index contributed by atoms with van der Waals surface area (Å²) in [6.07, 6.45) is 1.81. The van der Waals surface area contributed by atoms with Crippen LogP contribution in [0.15, 0.2) is 30.5 Å². The molecule has 0 amide bonds. The van der Waals surface area contributed by atoms with Crippen molar-refractivity contribution in [3.63, 3.8) is 0 Å². The lowest BCUT2D eigenvalue weighted by molar-refractivity contribution is 0.199. The molecule has 0 aliphatic heterocycles. The monoisotopic (exact) mass is 294 g/mol. The zero-order valence-corrected chi connectivity index (χ0v) is 12.7. The maximum atomic E-state index is 6.22. The highest BCUT2D eigenvalue weighted by Crippen LogP contribution is 2.27. The Morgan fingerprint density at radius 2 is 2.10 bits per heavy atom. The number of hydrogen-bond donors (Lipinski definition) is 0. The van der Waals surface area contributed by atoms with Crippen molar-refractivity contribution in [3.8, 4) is 5.75 Å². The number of ether oxygens (including phenoxy) is 2. The van der Waals surface area contributed by atoms with Gasteiger partial charge in [-0.25, -0.2) is 4.98 Å². The summed E-state index contributed by atoms with van der Waals surface area (Å²) in [5, 5.41) is 2.10. The number of hydrogen-bond acceptors (Lipinski definition) is 4. The van der Waals surface area contributed by atoms with E-state index >= 15 is 0 Å². The molecule has 2 aromatic rings. The van der Waals surface area contributed by atoms with Crippen molar-refractivity contribution in [1.82, 2.24) is 4.98 Å². The van der Waals surface area contributed by atoms with Gasteiger partial charge in [-0.2, -0.15) is 0 Å². The molecule has 20 heavy (non-hydrogen) atoms. The molecule has 5 heteroatoms. The van der Waals surface area contributed by atoms with E-state index in [1.807, 2.05) is 36.2 Å². The molecule has 108 valence electrons. The number of halogens is 1. The van der Waals surface area contributed by atoms with Crippen LogP contribution in [0, 0.1) is 0 Å². The van der Waals surface area contributed by atoms with Crippen LogP contribution in [-0.2, 0) is 4.74 Å². The van der Waals surface area contributed by atoms with E-state index in [1.165, 1.54) is 0 Å². The van der Waals surface area contributed by atoms with Crippen molar-refractivity contribution in [1.29, 1.82) is 0 Å². The molecule has 1 heterocycles. The minimum atomic E-state index is -0.0762. The second kappa shape index (κ2) is 6.77. The molecule has 0 radical (unpaired) electrons. The van der Waals surface area contributed by atoms with Crippen LogP contribution in [0.2, 0.25) is 0 Å². The number of nitrogens with zero attached hydrogens (tertiary/aromatic N) is 2. The van der Waals surface area contributed by atoms with Crippen LogP contribution in [0.1, 0.15) is 0 Å². The van der Waals surface area contributed by atoms with Gasteiger partial charge in [0.15, 0.2) is 0 Å². The van der Waals surface area contributed by atoms with Crippen molar-refractivity contribution >= 4 is 28.2 Å². The van der Waals surface area contributed by atoms with Gasteiger partial charge in [-0.15, -0.1) is 11.6 Å². The SMILES string of the molecule is COCC(Cl)CN(C)c1nccc2ccc(OC)cc12. The van der Waals surface area contributed by atoms with Crippen LogP contribution in [0.4, 0.5) is 5.82 Å². The van der Waals surface area contributed by atoms with Crippen LogP contribution < -0.4 is 9.64 Å². The number of rotatable bonds is 6. The van der Waals surface area contributed by atoms with Gasteiger partial charge in [0.2, 0.25) is 0 Å². The summed E-state index contributed by atoms with van der Waals surface area (Å²) in [6.45, 7) is 1.18. The normalized spacial score (nSPS) is 12.4. The molecule has 0 fully saturated rings. The number of pyridine rings is 1. The maximum absolute atomic E-state index is 6.22. The third kappa shape index (κ3) is 3.32. The predicted molar refractivity (Wildman–Crippen MR) is 83.1 cm³/mol. The fourth-order valence-electron chi connectivity index (χ4n) is 2.18. The molecule has 0 saturated carbocycles. The first-order valence-corrected chi connectivity index (χ1v) is 6.86. The molecular formula is C15H19ClN2O2. The Kier molecular flexibility index (Phi) is 5.04. The number of alkyl halides is 1. The Morgan fingerprint density at radius 3 is 2.80 bits per heavy atom. The predicted octanol–water partition coefficient (Wildman–Crippen LogP) is 2.93. The second-order valence-electron chi connectivity index (χ2n) is 4.65. The average molecular weight is 295 g/mol. The molecule has 2 rings (SSSR count). The first-order chi connectivity index (χ1) is 9.65. The van der Waals surface area contributed by atoms with Gasteiger partial charge in [0.1, 0.15) is 11.6 Å². The molecule has 0 spiro atoms. The smallest absolute Gasteiger partial charge is 0.136 e. The molecule has 4 nitrogen and oxygen atoms in total. The zero-order chi connectivity index (χ0) is 14.5. The van der Waals surface area contributed by atoms with Gasteiger partial charge in [0.05, 0.1) is 19.1 Å². The Labute approximate surface area is 124 Å². The molecule has 1 unspecified atom stereocenters. The van der Waals surface area contributed by atoms with Gasteiger partial charge in [-0.05, 0) is 23.6 Å². The number of aromatic nitrogens is 1. The van der Waals surface area contributed by atoms with Crippen LogP contribution >= 0.6 is 11.6 Å². The Bertz CT molecular complexity index is 577. The fourth-order valence-corrected chi connectivity index (χ4v) is 2.51.